The molecule has 14 heavy (non-hydrogen) atoms. The first-order valence-electron chi connectivity index (χ1n) is 4.65. The number of ether oxygens (including phenoxy) is 1. The van der Waals surface area contributed by atoms with Crippen molar-refractivity contribution in [2.75, 3.05) is 0 Å². The molecule has 1 aromatic rings. The molecule has 78 valence electrons. The van der Waals surface area contributed by atoms with Crippen molar-refractivity contribution in [3.05, 3.63) is 28.8 Å². The molecule has 1 rings (SSSR count). The Labute approximate surface area is 89.5 Å². The Morgan fingerprint density at radius 1 is 1.29 bits per heavy atom. The van der Waals surface area contributed by atoms with Gasteiger partial charge < -0.3 is 9.84 Å². The number of halogens is 1. The van der Waals surface area contributed by atoms with E-state index in [9.17, 15) is 5.11 Å². The standard InChI is InChI=1S/C11H15ClO2/c1-7(2)14-11-5-4-9(12)6-10(11)8(3)13/h4-8,13H,1-3H3/t8-/m0/s1. The predicted molar refractivity (Wildman–Crippen MR) is 57.8 cm³/mol. The fourth-order valence-corrected chi connectivity index (χ4v) is 1.39. The van der Waals surface area contributed by atoms with Crippen LogP contribution in [0.1, 0.15) is 32.4 Å². The predicted octanol–water partition coefficient (Wildman–Crippen LogP) is 3.18. The van der Waals surface area contributed by atoms with Crippen molar-refractivity contribution in [3.63, 3.8) is 0 Å². The highest BCUT2D eigenvalue weighted by molar-refractivity contribution is 6.30. The van der Waals surface area contributed by atoms with Crippen LogP contribution in [0.5, 0.6) is 5.75 Å². The molecule has 3 heteroatoms. The molecule has 0 amide bonds. The summed E-state index contributed by atoms with van der Waals surface area (Å²) in [7, 11) is 0. The second-order valence-electron chi connectivity index (χ2n) is 3.52. The number of aliphatic hydroxyl groups excluding tert-OH is 1. The lowest BCUT2D eigenvalue weighted by molar-refractivity contribution is 0.183. The molecule has 0 unspecified atom stereocenters. The Morgan fingerprint density at radius 2 is 1.93 bits per heavy atom. The fourth-order valence-electron chi connectivity index (χ4n) is 1.21. The van der Waals surface area contributed by atoms with Gasteiger partial charge in [-0.3, -0.25) is 0 Å². The van der Waals surface area contributed by atoms with E-state index in [0.29, 0.717) is 10.8 Å². The average molecular weight is 215 g/mol. The Hall–Kier alpha value is -0.730. The summed E-state index contributed by atoms with van der Waals surface area (Å²) in [5.41, 5.74) is 0.728. The van der Waals surface area contributed by atoms with Crippen LogP contribution < -0.4 is 4.74 Å². The molecule has 1 atom stereocenters. The lowest BCUT2D eigenvalue weighted by Gasteiger charge is -2.16. The molecule has 0 heterocycles. The van der Waals surface area contributed by atoms with Crippen LogP contribution in [0.25, 0.3) is 0 Å². The van der Waals surface area contributed by atoms with Crippen LogP contribution in [0.3, 0.4) is 0 Å². The zero-order valence-electron chi connectivity index (χ0n) is 8.62. The minimum Gasteiger partial charge on any atom is -0.491 e. The zero-order valence-corrected chi connectivity index (χ0v) is 9.38. The van der Waals surface area contributed by atoms with Crippen molar-refractivity contribution in [2.24, 2.45) is 0 Å². The second kappa shape index (κ2) is 4.67. The molecule has 0 aliphatic carbocycles. The van der Waals surface area contributed by atoms with E-state index in [0.717, 1.165) is 5.56 Å². The van der Waals surface area contributed by atoms with Crippen LogP contribution in [0.15, 0.2) is 18.2 Å². The first-order valence-corrected chi connectivity index (χ1v) is 5.02. The van der Waals surface area contributed by atoms with Crippen molar-refractivity contribution in [1.29, 1.82) is 0 Å². The molecule has 2 nitrogen and oxygen atoms in total. The summed E-state index contributed by atoms with van der Waals surface area (Å²) in [5.74, 6) is 0.694. The van der Waals surface area contributed by atoms with Crippen LogP contribution in [-0.2, 0) is 0 Å². The van der Waals surface area contributed by atoms with Gasteiger partial charge in [-0.25, -0.2) is 0 Å². The number of hydrogen-bond acceptors (Lipinski definition) is 2. The van der Waals surface area contributed by atoms with Gasteiger partial charge in [-0.1, -0.05) is 11.6 Å². The van der Waals surface area contributed by atoms with Gasteiger partial charge in [-0.15, -0.1) is 0 Å². The highest BCUT2D eigenvalue weighted by atomic mass is 35.5. The molecule has 1 aromatic carbocycles. The second-order valence-corrected chi connectivity index (χ2v) is 3.96. The van der Waals surface area contributed by atoms with E-state index in [2.05, 4.69) is 0 Å². The van der Waals surface area contributed by atoms with Crippen LogP contribution in [-0.4, -0.2) is 11.2 Å². The third kappa shape index (κ3) is 2.89. The Balaban J connectivity index is 3.02. The summed E-state index contributed by atoms with van der Waals surface area (Å²) in [6.07, 6.45) is -0.476. The van der Waals surface area contributed by atoms with Crippen molar-refractivity contribution < 1.29 is 9.84 Å². The van der Waals surface area contributed by atoms with E-state index in [-0.39, 0.29) is 6.10 Å². The van der Waals surface area contributed by atoms with E-state index in [1.54, 1.807) is 25.1 Å². The molecular formula is C11H15ClO2. The quantitative estimate of drug-likeness (QED) is 0.838. The summed E-state index contributed by atoms with van der Waals surface area (Å²) in [6, 6.07) is 5.26. The van der Waals surface area contributed by atoms with Gasteiger partial charge in [-0.05, 0) is 39.0 Å². The fraction of sp³-hybridized carbons (Fsp3) is 0.455. The maximum atomic E-state index is 9.50. The van der Waals surface area contributed by atoms with Crippen molar-refractivity contribution in [3.8, 4) is 5.75 Å². The number of hydrogen-bond donors (Lipinski definition) is 1. The summed E-state index contributed by atoms with van der Waals surface area (Å²) >= 11 is 5.83. The highest BCUT2D eigenvalue weighted by Gasteiger charge is 2.10. The lowest BCUT2D eigenvalue weighted by atomic mass is 10.1. The minimum atomic E-state index is -0.567. The summed E-state index contributed by atoms with van der Waals surface area (Å²) in [4.78, 5) is 0. The first kappa shape index (κ1) is 11.3. The molecule has 0 spiro atoms. The first-order chi connectivity index (χ1) is 6.50. The molecule has 0 saturated carbocycles. The molecule has 0 bridgehead atoms. The van der Waals surface area contributed by atoms with Crippen molar-refractivity contribution >= 4 is 11.6 Å². The van der Waals surface area contributed by atoms with Crippen LogP contribution in [0, 0.1) is 0 Å². The van der Waals surface area contributed by atoms with E-state index in [4.69, 9.17) is 16.3 Å². The van der Waals surface area contributed by atoms with Crippen LogP contribution in [0.2, 0.25) is 5.02 Å². The number of rotatable bonds is 3. The topological polar surface area (TPSA) is 29.5 Å². The lowest BCUT2D eigenvalue weighted by Crippen LogP contribution is -2.08. The molecule has 0 aliphatic heterocycles. The van der Waals surface area contributed by atoms with Gasteiger partial charge >= 0.3 is 0 Å². The Bertz CT molecular complexity index is 308. The molecule has 0 saturated heterocycles. The Kier molecular flexibility index (Phi) is 3.78. The van der Waals surface area contributed by atoms with Gasteiger partial charge in [0.05, 0.1) is 12.2 Å². The SMILES string of the molecule is CC(C)Oc1ccc(Cl)cc1[C@H](C)O. The van der Waals surface area contributed by atoms with Crippen molar-refractivity contribution in [2.45, 2.75) is 33.0 Å². The molecule has 0 aliphatic rings. The summed E-state index contributed by atoms with van der Waals surface area (Å²) < 4.78 is 5.54. The normalized spacial score (nSPS) is 13.0. The van der Waals surface area contributed by atoms with Crippen molar-refractivity contribution in [1.82, 2.24) is 0 Å². The highest BCUT2D eigenvalue weighted by Crippen LogP contribution is 2.28. The maximum Gasteiger partial charge on any atom is 0.125 e. The van der Waals surface area contributed by atoms with Gasteiger partial charge in [0.15, 0.2) is 0 Å². The third-order valence-corrected chi connectivity index (χ3v) is 2.02. The summed E-state index contributed by atoms with van der Waals surface area (Å²) in [5, 5.41) is 10.1. The van der Waals surface area contributed by atoms with E-state index in [1.165, 1.54) is 0 Å². The van der Waals surface area contributed by atoms with E-state index in [1.807, 2.05) is 13.8 Å². The number of benzene rings is 1. The average Bonchev–Trinajstić information content (AvgIpc) is 2.07. The van der Waals surface area contributed by atoms with Gasteiger partial charge in [-0.2, -0.15) is 0 Å². The molecule has 0 aromatic heterocycles. The summed E-state index contributed by atoms with van der Waals surface area (Å²) in [6.45, 7) is 5.58. The zero-order chi connectivity index (χ0) is 10.7. The van der Waals surface area contributed by atoms with Gasteiger partial charge in [0.1, 0.15) is 5.75 Å². The largest absolute Gasteiger partial charge is 0.491 e. The van der Waals surface area contributed by atoms with Crippen LogP contribution >= 0.6 is 11.6 Å². The number of aliphatic hydroxyl groups is 1. The van der Waals surface area contributed by atoms with Crippen LogP contribution in [0.4, 0.5) is 0 Å². The molecule has 0 fully saturated rings. The molecule has 1 N–H and O–H groups in total. The molecular weight excluding hydrogens is 200 g/mol. The van der Waals surface area contributed by atoms with Gasteiger partial charge in [0, 0.05) is 10.6 Å². The van der Waals surface area contributed by atoms with Gasteiger partial charge in [0.2, 0.25) is 0 Å². The van der Waals surface area contributed by atoms with E-state index >= 15 is 0 Å². The molecule has 0 radical (unpaired) electrons. The smallest absolute Gasteiger partial charge is 0.125 e. The Morgan fingerprint density at radius 3 is 2.43 bits per heavy atom. The minimum absolute atomic E-state index is 0.0914. The maximum absolute atomic E-state index is 9.50. The monoisotopic (exact) mass is 214 g/mol. The third-order valence-electron chi connectivity index (χ3n) is 1.78. The van der Waals surface area contributed by atoms with Gasteiger partial charge in [0.25, 0.3) is 0 Å². The van der Waals surface area contributed by atoms with E-state index < -0.39 is 6.10 Å².